The van der Waals surface area contributed by atoms with Crippen LogP contribution in [0.4, 0.5) is 30.5 Å². The van der Waals surface area contributed by atoms with Gasteiger partial charge in [-0.05, 0) is 18.2 Å². The fourth-order valence-electron chi connectivity index (χ4n) is 2.24. The standard InChI is InChI=1S/C15H12F3N5/c1-23(10-4-2-3-9(5-10)15(16,17)18)14-11-7-20-13(19)6-12(11)21-8-22-14/h2-8H,1H3,(H2,19,20). The molecule has 3 rings (SSSR count). The van der Waals surface area contributed by atoms with Gasteiger partial charge in [0, 0.05) is 25.0 Å². The molecule has 3 aromatic rings. The Bertz CT molecular complexity index is 863. The van der Waals surface area contributed by atoms with Gasteiger partial charge in [-0.25, -0.2) is 15.0 Å². The Kier molecular flexibility index (Phi) is 3.51. The molecule has 0 aliphatic rings. The lowest BCUT2D eigenvalue weighted by atomic mass is 10.1. The van der Waals surface area contributed by atoms with E-state index in [9.17, 15) is 13.2 Å². The molecule has 23 heavy (non-hydrogen) atoms. The lowest BCUT2D eigenvalue weighted by molar-refractivity contribution is -0.137. The van der Waals surface area contributed by atoms with Crippen molar-refractivity contribution in [3.8, 4) is 0 Å². The maximum absolute atomic E-state index is 12.9. The van der Waals surface area contributed by atoms with Gasteiger partial charge >= 0.3 is 6.18 Å². The van der Waals surface area contributed by atoms with Crippen molar-refractivity contribution in [1.82, 2.24) is 15.0 Å². The Morgan fingerprint density at radius 2 is 1.87 bits per heavy atom. The highest BCUT2D eigenvalue weighted by atomic mass is 19.4. The van der Waals surface area contributed by atoms with Crippen molar-refractivity contribution in [1.29, 1.82) is 0 Å². The van der Waals surface area contributed by atoms with Crippen LogP contribution in [-0.4, -0.2) is 22.0 Å². The molecule has 0 amide bonds. The van der Waals surface area contributed by atoms with Gasteiger partial charge in [0.2, 0.25) is 0 Å². The molecule has 118 valence electrons. The third-order valence-corrected chi connectivity index (χ3v) is 3.40. The first-order chi connectivity index (χ1) is 10.9. The topological polar surface area (TPSA) is 67.9 Å². The molecule has 0 radical (unpaired) electrons. The van der Waals surface area contributed by atoms with Crippen LogP contribution in [0, 0.1) is 0 Å². The number of aromatic nitrogens is 3. The molecule has 0 aliphatic heterocycles. The zero-order valence-electron chi connectivity index (χ0n) is 12.0. The zero-order valence-corrected chi connectivity index (χ0v) is 12.0. The summed E-state index contributed by atoms with van der Waals surface area (Å²) in [4.78, 5) is 13.8. The van der Waals surface area contributed by atoms with Crippen LogP contribution >= 0.6 is 0 Å². The van der Waals surface area contributed by atoms with Crippen LogP contribution in [0.25, 0.3) is 10.9 Å². The monoisotopic (exact) mass is 319 g/mol. The summed E-state index contributed by atoms with van der Waals surface area (Å²) in [5, 5.41) is 0.599. The molecule has 0 bridgehead atoms. The fourth-order valence-corrected chi connectivity index (χ4v) is 2.24. The molecule has 2 aromatic heterocycles. The van der Waals surface area contributed by atoms with Crippen molar-refractivity contribution in [2.24, 2.45) is 0 Å². The number of nitrogens with two attached hydrogens (primary N) is 1. The molecule has 0 atom stereocenters. The molecular weight excluding hydrogens is 307 g/mol. The third kappa shape index (κ3) is 2.87. The van der Waals surface area contributed by atoms with E-state index in [1.54, 1.807) is 24.1 Å². The second-order valence-corrected chi connectivity index (χ2v) is 4.93. The number of pyridine rings is 1. The van der Waals surface area contributed by atoms with Gasteiger partial charge in [-0.3, -0.25) is 0 Å². The Morgan fingerprint density at radius 3 is 2.61 bits per heavy atom. The van der Waals surface area contributed by atoms with Gasteiger partial charge in [0.1, 0.15) is 18.0 Å². The first-order valence-corrected chi connectivity index (χ1v) is 6.63. The van der Waals surface area contributed by atoms with Crippen LogP contribution in [0.15, 0.2) is 42.9 Å². The highest BCUT2D eigenvalue weighted by molar-refractivity contribution is 5.91. The summed E-state index contributed by atoms with van der Waals surface area (Å²) in [7, 11) is 1.63. The Balaban J connectivity index is 2.09. The fraction of sp³-hybridized carbons (Fsp3) is 0.133. The predicted octanol–water partition coefficient (Wildman–Crippen LogP) is 3.39. The summed E-state index contributed by atoms with van der Waals surface area (Å²) in [5.74, 6) is 0.755. The number of rotatable bonds is 2. The summed E-state index contributed by atoms with van der Waals surface area (Å²) < 4.78 is 38.6. The van der Waals surface area contributed by atoms with Gasteiger partial charge in [-0.15, -0.1) is 0 Å². The van der Waals surface area contributed by atoms with Crippen LogP contribution in [-0.2, 0) is 6.18 Å². The summed E-state index contributed by atoms with van der Waals surface area (Å²) >= 11 is 0. The highest BCUT2D eigenvalue weighted by Crippen LogP contribution is 2.34. The molecular formula is C15H12F3N5. The molecule has 0 unspecified atom stereocenters. The summed E-state index contributed by atoms with van der Waals surface area (Å²) in [6, 6.07) is 6.61. The van der Waals surface area contributed by atoms with Crippen LogP contribution in [0.2, 0.25) is 0 Å². The van der Waals surface area contributed by atoms with Crippen LogP contribution in [0.1, 0.15) is 5.56 Å². The van der Waals surface area contributed by atoms with Crippen molar-refractivity contribution < 1.29 is 13.2 Å². The van der Waals surface area contributed by atoms with Crippen LogP contribution in [0.3, 0.4) is 0 Å². The van der Waals surface area contributed by atoms with Crippen molar-refractivity contribution in [2.45, 2.75) is 6.18 Å². The minimum absolute atomic E-state index is 0.309. The van der Waals surface area contributed by atoms with E-state index in [1.807, 2.05) is 0 Å². The second kappa shape index (κ2) is 5.38. The Labute approximate surface area is 129 Å². The third-order valence-electron chi connectivity index (χ3n) is 3.40. The number of nitrogens with zero attached hydrogens (tertiary/aromatic N) is 4. The smallest absolute Gasteiger partial charge is 0.384 e. The van der Waals surface area contributed by atoms with Crippen LogP contribution < -0.4 is 10.6 Å². The SMILES string of the molecule is CN(c1cccc(C(F)(F)F)c1)c1ncnc2cc(N)ncc12. The number of halogens is 3. The second-order valence-electron chi connectivity index (χ2n) is 4.93. The summed E-state index contributed by atoms with van der Waals surface area (Å²) in [6.45, 7) is 0. The lowest BCUT2D eigenvalue weighted by Gasteiger charge is -2.20. The first kappa shape index (κ1) is 15.0. The Hall–Kier alpha value is -2.90. The van der Waals surface area contributed by atoms with E-state index in [0.717, 1.165) is 12.1 Å². The van der Waals surface area contributed by atoms with Gasteiger partial charge in [-0.2, -0.15) is 13.2 Å². The first-order valence-electron chi connectivity index (χ1n) is 6.63. The number of anilines is 3. The van der Waals surface area contributed by atoms with E-state index in [2.05, 4.69) is 15.0 Å². The van der Waals surface area contributed by atoms with Crippen molar-refractivity contribution in [3.63, 3.8) is 0 Å². The molecule has 5 nitrogen and oxygen atoms in total. The average Bonchev–Trinajstić information content (AvgIpc) is 2.52. The quantitative estimate of drug-likeness (QED) is 0.784. The van der Waals surface area contributed by atoms with E-state index < -0.39 is 11.7 Å². The van der Waals surface area contributed by atoms with Gasteiger partial charge in [0.15, 0.2) is 0 Å². The minimum Gasteiger partial charge on any atom is -0.384 e. The number of benzene rings is 1. The van der Waals surface area contributed by atoms with Gasteiger partial charge < -0.3 is 10.6 Å². The van der Waals surface area contributed by atoms with E-state index in [-0.39, 0.29) is 0 Å². The maximum Gasteiger partial charge on any atom is 0.416 e. The molecule has 0 spiro atoms. The molecule has 0 saturated heterocycles. The highest BCUT2D eigenvalue weighted by Gasteiger charge is 2.30. The molecule has 1 aromatic carbocycles. The zero-order chi connectivity index (χ0) is 16.6. The predicted molar refractivity (Wildman–Crippen MR) is 81.3 cm³/mol. The van der Waals surface area contributed by atoms with Gasteiger partial charge in [-0.1, -0.05) is 6.07 Å². The Morgan fingerprint density at radius 1 is 1.09 bits per heavy atom. The number of nitrogen functional groups attached to an aromatic ring is 1. The number of alkyl halides is 3. The molecule has 8 heteroatoms. The van der Waals surface area contributed by atoms with E-state index >= 15 is 0 Å². The van der Waals surface area contributed by atoms with Gasteiger partial charge in [0.05, 0.1) is 16.5 Å². The largest absolute Gasteiger partial charge is 0.416 e. The molecule has 2 N–H and O–H groups in total. The normalized spacial score (nSPS) is 11.7. The van der Waals surface area contributed by atoms with Crippen molar-refractivity contribution >= 4 is 28.2 Å². The average molecular weight is 319 g/mol. The minimum atomic E-state index is -4.40. The maximum atomic E-state index is 12.9. The van der Waals surface area contributed by atoms with Crippen LogP contribution in [0.5, 0.6) is 0 Å². The van der Waals surface area contributed by atoms with E-state index in [0.29, 0.717) is 28.2 Å². The van der Waals surface area contributed by atoms with Crippen molar-refractivity contribution in [2.75, 3.05) is 17.7 Å². The van der Waals surface area contributed by atoms with E-state index in [4.69, 9.17) is 5.73 Å². The summed E-state index contributed by atoms with van der Waals surface area (Å²) in [5.41, 5.74) is 5.83. The number of hydrogen-bond acceptors (Lipinski definition) is 5. The van der Waals surface area contributed by atoms with Gasteiger partial charge in [0.25, 0.3) is 0 Å². The molecule has 0 aliphatic carbocycles. The molecule has 2 heterocycles. The van der Waals surface area contributed by atoms with E-state index in [1.165, 1.54) is 18.6 Å². The summed E-state index contributed by atoms with van der Waals surface area (Å²) in [6.07, 6.45) is -1.56. The lowest BCUT2D eigenvalue weighted by Crippen LogP contribution is -2.14. The molecule has 0 fully saturated rings. The van der Waals surface area contributed by atoms with Crippen molar-refractivity contribution in [3.05, 3.63) is 48.4 Å². The number of hydrogen-bond donors (Lipinski definition) is 1. The number of fused-ring (bicyclic) bond motifs is 1. The molecule has 0 saturated carbocycles.